The van der Waals surface area contributed by atoms with Gasteiger partial charge < -0.3 is 41.5 Å². The molecule has 0 aliphatic carbocycles. The molecule has 1 heterocycles. The van der Waals surface area contributed by atoms with E-state index in [1.54, 1.807) is 20.8 Å². The van der Waals surface area contributed by atoms with Crippen molar-refractivity contribution in [2.45, 2.75) is 148 Å². The number of unbranched alkanes of at least 4 members (excludes halogenated alkanes) is 8. The van der Waals surface area contributed by atoms with Crippen LogP contribution < -0.4 is 26.6 Å². The normalized spacial score (nSPS) is 25.7. The van der Waals surface area contributed by atoms with Gasteiger partial charge in [0.15, 0.2) is 0 Å². The van der Waals surface area contributed by atoms with Crippen molar-refractivity contribution in [3.05, 3.63) is 0 Å². The average molecular weight is 670 g/mol. The fourth-order valence-electron chi connectivity index (χ4n) is 5.19. The number of esters is 1. The number of hydrogen-bond acceptors (Lipinski definition) is 9. The van der Waals surface area contributed by atoms with Crippen LogP contribution in [0.25, 0.3) is 0 Å². The molecule has 0 aromatic rings. The molecule has 270 valence electrons. The summed E-state index contributed by atoms with van der Waals surface area (Å²) in [6.45, 7) is 8.77. The zero-order valence-electron chi connectivity index (χ0n) is 29.1. The summed E-state index contributed by atoms with van der Waals surface area (Å²) in [6, 6.07) is -6.83. The number of rotatable bonds is 16. The van der Waals surface area contributed by atoms with E-state index in [0.717, 1.165) is 25.7 Å². The number of nitrogens with one attached hydrogen (secondary N) is 5. The Morgan fingerprint density at radius 3 is 1.72 bits per heavy atom. The smallest absolute Gasteiger partial charge is 0.329 e. The van der Waals surface area contributed by atoms with Crippen LogP contribution in [0.5, 0.6) is 0 Å². The molecule has 7 N–H and O–H groups in total. The number of amides is 5. The lowest BCUT2D eigenvalue weighted by atomic mass is 9.97. The summed E-state index contributed by atoms with van der Waals surface area (Å²) in [6.07, 6.45) is 8.86. The fraction of sp³-hybridized carbons (Fsp3) is 0.818. The number of aliphatic hydroxyl groups excluding tert-OH is 2. The van der Waals surface area contributed by atoms with E-state index < -0.39 is 96.9 Å². The molecular formula is C33H59N5O9. The molecule has 0 aromatic carbocycles. The van der Waals surface area contributed by atoms with Gasteiger partial charge in [0.05, 0.1) is 13.2 Å². The van der Waals surface area contributed by atoms with Crippen LogP contribution >= 0.6 is 0 Å². The van der Waals surface area contributed by atoms with Crippen LogP contribution in [-0.4, -0.2) is 95.2 Å². The SMILES string of the molecule is CCCCCCCCCCCC(=O)N[C@@H]1C(=O)N[C@H](CO)C(=O)N[C@@H](CO)C(=O)N[C@H](C(C)C)C(=O)N[C@@H]([C@@H](C)CC)C(=O)O[C@@H]1C. The maximum absolute atomic E-state index is 13.5. The lowest BCUT2D eigenvalue weighted by molar-refractivity contribution is -0.157. The van der Waals surface area contributed by atoms with E-state index in [4.69, 9.17) is 4.74 Å². The zero-order chi connectivity index (χ0) is 35.5. The highest BCUT2D eigenvalue weighted by Gasteiger charge is 2.38. The molecule has 7 atom stereocenters. The Hall–Kier alpha value is -3.26. The van der Waals surface area contributed by atoms with E-state index in [0.29, 0.717) is 12.8 Å². The summed E-state index contributed by atoms with van der Waals surface area (Å²) < 4.78 is 5.65. The van der Waals surface area contributed by atoms with Crippen LogP contribution in [0.2, 0.25) is 0 Å². The molecule has 47 heavy (non-hydrogen) atoms. The van der Waals surface area contributed by atoms with Gasteiger partial charge in [0.1, 0.15) is 36.3 Å². The van der Waals surface area contributed by atoms with Crippen molar-refractivity contribution in [2.24, 2.45) is 11.8 Å². The van der Waals surface area contributed by atoms with Gasteiger partial charge in [-0.1, -0.05) is 92.4 Å². The third-order valence-corrected chi connectivity index (χ3v) is 8.52. The van der Waals surface area contributed by atoms with Crippen LogP contribution in [0, 0.1) is 11.8 Å². The molecule has 0 radical (unpaired) electrons. The van der Waals surface area contributed by atoms with Crippen molar-refractivity contribution >= 4 is 35.5 Å². The molecule has 1 saturated heterocycles. The van der Waals surface area contributed by atoms with Crippen LogP contribution in [0.3, 0.4) is 0 Å². The second kappa shape index (κ2) is 22.3. The molecule has 14 heteroatoms. The van der Waals surface area contributed by atoms with Crippen molar-refractivity contribution in [3.63, 3.8) is 0 Å². The minimum absolute atomic E-state index is 0.125. The molecule has 1 rings (SSSR count). The monoisotopic (exact) mass is 669 g/mol. The summed E-state index contributed by atoms with van der Waals surface area (Å²) in [4.78, 5) is 79.2. The molecule has 0 bridgehead atoms. The van der Waals surface area contributed by atoms with E-state index in [9.17, 15) is 39.0 Å². The highest BCUT2D eigenvalue weighted by Crippen LogP contribution is 2.15. The summed E-state index contributed by atoms with van der Waals surface area (Å²) in [5.74, 6) is -5.64. The number of hydrogen-bond donors (Lipinski definition) is 7. The van der Waals surface area contributed by atoms with E-state index in [2.05, 4.69) is 33.5 Å². The predicted octanol–water partition coefficient (Wildman–Crippen LogP) is 0.963. The van der Waals surface area contributed by atoms with Gasteiger partial charge in [-0.2, -0.15) is 0 Å². The van der Waals surface area contributed by atoms with E-state index in [1.165, 1.54) is 32.6 Å². The summed E-state index contributed by atoms with van der Waals surface area (Å²) in [5, 5.41) is 32.2. The third kappa shape index (κ3) is 14.6. The van der Waals surface area contributed by atoms with Gasteiger partial charge in [0.2, 0.25) is 29.5 Å². The highest BCUT2D eigenvalue weighted by molar-refractivity contribution is 5.96. The van der Waals surface area contributed by atoms with Crippen LogP contribution in [0.15, 0.2) is 0 Å². The topological polar surface area (TPSA) is 212 Å². The van der Waals surface area contributed by atoms with Gasteiger partial charge in [0.25, 0.3) is 0 Å². The minimum atomic E-state index is -1.58. The summed E-state index contributed by atoms with van der Waals surface area (Å²) in [7, 11) is 0. The Kier molecular flexibility index (Phi) is 19.8. The molecule has 1 aliphatic heterocycles. The first kappa shape index (κ1) is 41.8. The van der Waals surface area contributed by atoms with Gasteiger partial charge in [-0.3, -0.25) is 24.0 Å². The Balaban J connectivity index is 3.25. The fourth-order valence-corrected chi connectivity index (χ4v) is 5.19. The van der Waals surface area contributed by atoms with Gasteiger partial charge in [-0.25, -0.2) is 4.79 Å². The van der Waals surface area contributed by atoms with Crippen molar-refractivity contribution < 1.29 is 43.7 Å². The lowest BCUT2D eigenvalue weighted by Gasteiger charge is -2.31. The van der Waals surface area contributed by atoms with Crippen molar-refractivity contribution in [1.29, 1.82) is 0 Å². The Morgan fingerprint density at radius 2 is 1.21 bits per heavy atom. The number of cyclic esters (lactones) is 1. The largest absolute Gasteiger partial charge is 0.458 e. The van der Waals surface area contributed by atoms with Crippen molar-refractivity contribution in [1.82, 2.24) is 26.6 Å². The van der Waals surface area contributed by atoms with Gasteiger partial charge >= 0.3 is 5.97 Å². The molecule has 0 saturated carbocycles. The second-order valence-electron chi connectivity index (χ2n) is 12.9. The minimum Gasteiger partial charge on any atom is -0.458 e. The summed E-state index contributed by atoms with van der Waals surface area (Å²) in [5.41, 5.74) is 0. The average Bonchev–Trinajstić information content (AvgIpc) is 3.03. The number of aliphatic hydroxyl groups is 2. The molecule has 0 unspecified atom stereocenters. The zero-order valence-corrected chi connectivity index (χ0v) is 29.1. The first-order valence-electron chi connectivity index (χ1n) is 17.2. The van der Waals surface area contributed by atoms with Gasteiger partial charge in [-0.05, 0) is 25.2 Å². The number of carbonyl (C=O) groups excluding carboxylic acids is 6. The molecule has 1 fully saturated rings. The Morgan fingerprint density at radius 1 is 0.723 bits per heavy atom. The summed E-state index contributed by atoms with van der Waals surface area (Å²) >= 11 is 0. The quantitative estimate of drug-likeness (QED) is 0.0920. The van der Waals surface area contributed by atoms with Crippen LogP contribution in [0.4, 0.5) is 0 Å². The maximum atomic E-state index is 13.5. The highest BCUT2D eigenvalue weighted by atomic mass is 16.5. The standard InChI is InChI=1S/C33H59N5O9/c1-7-9-10-11-12-13-14-15-16-17-25(41)36-28-22(6)47-33(46)27(21(5)8-2)38-31(44)26(20(3)4)37-30(43)24(19-40)34-29(42)23(18-39)35-32(28)45/h20-24,26-28,39-40H,7-19H2,1-6H3,(H,34,42)(H,35,45)(H,36,41)(H,37,43)(H,38,44)/t21-,22+,23+,24-,26+,27-,28-/m0/s1. The van der Waals surface area contributed by atoms with Crippen molar-refractivity contribution in [2.75, 3.05) is 13.2 Å². The Labute approximate surface area is 279 Å². The van der Waals surface area contributed by atoms with E-state index >= 15 is 0 Å². The maximum Gasteiger partial charge on any atom is 0.329 e. The first-order chi connectivity index (χ1) is 22.3. The third-order valence-electron chi connectivity index (χ3n) is 8.52. The van der Waals surface area contributed by atoms with Crippen LogP contribution in [0.1, 0.15) is 112 Å². The lowest BCUT2D eigenvalue weighted by Crippen LogP contribution is -2.63. The predicted molar refractivity (Wildman–Crippen MR) is 176 cm³/mol. The Bertz CT molecular complexity index is 1020. The first-order valence-corrected chi connectivity index (χ1v) is 17.2. The number of ether oxygens (including phenoxy) is 1. The van der Waals surface area contributed by atoms with E-state index in [1.807, 2.05) is 6.92 Å². The van der Waals surface area contributed by atoms with Gasteiger partial charge in [-0.15, -0.1) is 0 Å². The number of carbonyl (C=O) groups is 6. The molecule has 14 nitrogen and oxygen atoms in total. The van der Waals surface area contributed by atoms with E-state index in [-0.39, 0.29) is 6.42 Å². The second-order valence-corrected chi connectivity index (χ2v) is 12.9. The van der Waals surface area contributed by atoms with Gasteiger partial charge in [0, 0.05) is 6.42 Å². The van der Waals surface area contributed by atoms with Crippen molar-refractivity contribution in [3.8, 4) is 0 Å². The molecule has 5 amide bonds. The molecule has 0 aromatic heterocycles. The molecule has 0 spiro atoms. The molecular weight excluding hydrogens is 610 g/mol. The molecule has 1 aliphatic rings. The van der Waals surface area contributed by atoms with Crippen LogP contribution in [-0.2, 0) is 33.5 Å².